The predicted molar refractivity (Wildman–Crippen MR) is 599 cm³/mol. The Kier molecular flexibility index (Phi) is 16.8. The van der Waals surface area contributed by atoms with E-state index in [9.17, 15) is 0 Å². The molecule has 25 aromatic rings. The zero-order valence-electron chi connectivity index (χ0n) is 79.2. The number of nitrogens with zero attached hydrogens (tertiary/aromatic N) is 4. The van der Waals surface area contributed by atoms with Crippen molar-refractivity contribution in [2.45, 2.75) is 29.1 Å². The van der Waals surface area contributed by atoms with Crippen molar-refractivity contribution in [1.29, 1.82) is 0 Å². The van der Waals surface area contributed by atoms with Crippen molar-refractivity contribution >= 4 is 88.5 Å². The number of hydrogen-bond acceptors (Lipinski definition) is 2. The van der Waals surface area contributed by atoms with Crippen molar-refractivity contribution < 1.29 is 0 Å². The van der Waals surface area contributed by atoms with Crippen LogP contribution in [-0.2, 0) is 29.1 Å². The van der Waals surface area contributed by atoms with Crippen LogP contribution in [0.3, 0.4) is 0 Å². The molecule has 5 aliphatic carbocycles. The minimum Gasteiger partial charge on any atom is -0.310 e. The van der Waals surface area contributed by atoms with Crippen LogP contribution in [-0.4, -0.2) is 9.13 Å². The van der Waals surface area contributed by atoms with Crippen LogP contribution in [0.2, 0.25) is 0 Å². The highest BCUT2D eigenvalue weighted by Crippen LogP contribution is 2.69. The molecule has 145 heavy (non-hydrogen) atoms. The molecule has 4 heteroatoms. The van der Waals surface area contributed by atoms with Gasteiger partial charge in [0.05, 0.1) is 66.7 Å². The van der Waals surface area contributed by atoms with Crippen LogP contribution in [0.1, 0.15) is 89.0 Å². The Morgan fingerprint density at radius 2 is 0.497 bits per heavy atom. The van der Waals surface area contributed by atoms with E-state index in [1.807, 2.05) is 0 Å². The van der Waals surface area contributed by atoms with E-state index in [1.54, 1.807) is 0 Å². The Hall–Kier alpha value is -18.5. The van der Waals surface area contributed by atoms with Gasteiger partial charge in [-0.05, 0) is 281 Å². The van der Waals surface area contributed by atoms with Crippen molar-refractivity contribution in [3.63, 3.8) is 0 Å². The van der Waals surface area contributed by atoms with Gasteiger partial charge in [0.15, 0.2) is 0 Å². The molecule has 7 aliphatic rings. The Balaban J connectivity index is 0.597. The topological polar surface area (TPSA) is 16.3 Å². The first-order valence-corrected chi connectivity index (χ1v) is 50.9. The molecule has 4 heterocycles. The highest BCUT2D eigenvalue weighted by atomic mass is 15.2. The van der Waals surface area contributed by atoms with Crippen LogP contribution in [0.25, 0.3) is 166 Å². The van der Waals surface area contributed by atoms with Crippen molar-refractivity contribution in [3.05, 3.63) is 599 Å². The molecule has 3 spiro atoms. The lowest BCUT2D eigenvalue weighted by molar-refractivity contribution is 0.748. The average Bonchev–Trinajstić information content (AvgIpc) is 1.51. The van der Waals surface area contributed by atoms with Crippen molar-refractivity contribution in [3.8, 4) is 112 Å². The summed E-state index contributed by atoms with van der Waals surface area (Å²) >= 11 is 0. The zero-order valence-corrected chi connectivity index (χ0v) is 79.2. The number of aromatic nitrogens is 2. The molecule has 1 unspecified atom stereocenters. The highest BCUT2D eigenvalue weighted by molar-refractivity contribution is 6.17. The summed E-state index contributed by atoms with van der Waals surface area (Å²) in [7, 11) is 0. The average molecular weight is 1840 g/mol. The minimum atomic E-state index is -0.727. The van der Waals surface area contributed by atoms with E-state index in [2.05, 4.69) is 529 Å². The lowest BCUT2D eigenvalue weighted by Crippen LogP contribution is -2.33. The molecule has 0 radical (unpaired) electrons. The molecule has 672 valence electrons. The maximum atomic E-state index is 2.67. The molecule has 0 saturated carbocycles. The molecule has 4 nitrogen and oxygen atoms in total. The molecular formula is C141H88N4. The Bertz CT molecular complexity index is 9840. The van der Waals surface area contributed by atoms with E-state index in [0.29, 0.717) is 0 Å². The van der Waals surface area contributed by atoms with Crippen LogP contribution in [0.15, 0.2) is 510 Å². The molecule has 32 rings (SSSR count). The van der Waals surface area contributed by atoms with Crippen molar-refractivity contribution in [2.75, 3.05) is 9.80 Å². The molecule has 0 fully saturated rings. The third kappa shape index (κ3) is 10.8. The third-order valence-corrected chi connectivity index (χ3v) is 33.8. The second kappa shape index (κ2) is 30.3. The molecule has 23 aromatic carbocycles. The van der Waals surface area contributed by atoms with Gasteiger partial charge in [0.25, 0.3) is 0 Å². The molecule has 2 aromatic heterocycles. The first kappa shape index (κ1) is 80.3. The van der Waals surface area contributed by atoms with Gasteiger partial charge in [-0.1, -0.05) is 425 Å². The van der Waals surface area contributed by atoms with Gasteiger partial charge in [-0.2, -0.15) is 0 Å². The lowest BCUT2D eigenvalue weighted by atomic mass is 9.65. The number of fused-ring (bicyclic) bond motifs is 41. The Morgan fingerprint density at radius 1 is 0.166 bits per heavy atom. The second-order valence-electron chi connectivity index (χ2n) is 40.5. The normalized spacial score (nSPS) is 14.6. The molecule has 0 saturated heterocycles. The second-order valence-corrected chi connectivity index (χ2v) is 40.5. The summed E-state index contributed by atoms with van der Waals surface area (Å²) in [6, 6.07) is 196. The number of anilines is 6. The SMILES string of the molecule is c1ccc(-c2ccc(-c3ccc(N(c4ccc5c(c4)C4(c6ccccc6-c6ccccc64)c4cccc6c7ccccc7n-5c46)c4cccc5c4-c4ccccc4C54c5ccccc5-c5cc(-c6cccc7c(N(c8ccc9c(c8)C8(c%10ccccc%10-c%10ccccc%108)c8cccc%10c%11ccccc%11n-9c8%10)c8cccc9c8-c8ccccc8Cc8ccccc8-c8ccccc8C9)cccc67)ccc54)cc3)cc2)cc1. The number of rotatable bonds is 9. The van der Waals surface area contributed by atoms with Gasteiger partial charge in [0.2, 0.25) is 0 Å². The molecule has 2 aliphatic heterocycles. The van der Waals surface area contributed by atoms with E-state index >= 15 is 0 Å². The zero-order chi connectivity index (χ0) is 94.6. The fourth-order valence-electron chi connectivity index (χ4n) is 28.2. The Labute approximate surface area is 840 Å². The van der Waals surface area contributed by atoms with Gasteiger partial charge < -0.3 is 18.9 Å². The largest absolute Gasteiger partial charge is 0.310 e. The van der Waals surface area contributed by atoms with Gasteiger partial charge in [0.1, 0.15) is 0 Å². The summed E-state index contributed by atoms with van der Waals surface area (Å²) in [4.78, 5) is 5.27. The summed E-state index contributed by atoms with van der Waals surface area (Å²) < 4.78 is 5.18. The first-order valence-electron chi connectivity index (χ1n) is 50.9. The van der Waals surface area contributed by atoms with E-state index in [0.717, 1.165) is 80.0 Å². The fourth-order valence-corrected chi connectivity index (χ4v) is 28.2. The van der Waals surface area contributed by atoms with E-state index in [-0.39, 0.29) is 0 Å². The van der Waals surface area contributed by atoms with Crippen molar-refractivity contribution in [1.82, 2.24) is 9.13 Å². The highest BCUT2D eigenvalue weighted by Gasteiger charge is 2.56. The monoisotopic (exact) mass is 1840 g/mol. The molecule has 1 atom stereocenters. The summed E-state index contributed by atoms with van der Waals surface area (Å²) in [6.07, 6.45) is 1.48. The van der Waals surface area contributed by atoms with Crippen molar-refractivity contribution in [2.24, 2.45) is 0 Å². The number of para-hydroxylation sites is 4. The van der Waals surface area contributed by atoms with Gasteiger partial charge >= 0.3 is 0 Å². The Morgan fingerprint density at radius 3 is 1.05 bits per heavy atom. The first-order chi connectivity index (χ1) is 72.0. The summed E-state index contributed by atoms with van der Waals surface area (Å²) in [6.45, 7) is 0. The predicted octanol–water partition coefficient (Wildman–Crippen LogP) is 35.5. The summed E-state index contributed by atoms with van der Waals surface area (Å²) in [5.41, 5.74) is 54.2. The summed E-state index contributed by atoms with van der Waals surface area (Å²) in [5, 5.41) is 7.33. The quantitative estimate of drug-likeness (QED) is 0.143. The number of benzene rings is 23. The third-order valence-electron chi connectivity index (χ3n) is 33.8. The van der Waals surface area contributed by atoms with Gasteiger partial charge in [-0.25, -0.2) is 0 Å². The van der Waals surface area contributed by atoms with Crippen LogP contribution >= 0.6 is 0 Å². The number of hydrogen-bond donors (Lipinski definition) is 0. The standard InChI is InChI=1S/C141H88N4/c1-2-32-87(33-3-1)88-68-70-89(71-69-88)90-72-75-96(76-73-90)142(97-77-80-131-126(85-97)140(116-54-18-10-41-104(116)105-42-11-19-55-117(105)140)124-61-28-52-112-110-46-16-24-63-129(110)144(131)137(112)124)134-67-31-60-123-136(134)114-48-15-23-59-121(114)139(123)120-58-22-14-45-108(120)115-84-94(74-79-122(115)139)101-49-27-51-109-103(101)50-30-65-128(109)143(133-66-26-37-95-83-92-35-5-8-39-100(92)99-38-7-4-34-91(99)82-93-36-6-9-40-102(93)135(95)133)98-78-81-132-127(86-98)141(118-56-20-12-43-106(118)107-44-13-21-57-119(107)141)125-62-29-53-113-111-47-17-25-64-130(111)145(132)138(113)125/h1-81,84-86H,82-83H2. The van der Waals surface area contributed by atoms with E-state index in [1.165, 1.54) is 222 Å². The van der Waals surface area contributed by atoms with Crippen LogP contribution in [0, 0.1) is 0 Å². The smallest absolute Gasteiger partial charge is 0.0755 e. The van der Waals surface area contributed by atoms with Gasteiger partial charge in [-0.15, -0.1) is 0 Å². The van der Waals surface area contributed by atoms with E-state index in [4.69, 9.17) is 0 Å². The van der Waals surface area contributed by atoms with Crippen LogP contribution in [0.5, 0.6) is 0 Å². The molecule has 0 amide bonds. The maximum absolute atomic E-state index is 2.67. The van der Waals surface area contributed by atoms with Gasteiger partial charge in [-0.3, -0.25) is 0 Å². The maximum Gasteiger partial charge on any atom is 0.0755 e. The lowest BCUT2D eigenvalue weighted by Gasteiger charge is -2.40. The fraction of sp³-hybridized carbons (Fsp3) is 0.0355. The van der Waals surface area contributed by atoms with Gasteiger partial charge in [0, 0.05) is 55.1 Å². The minimum absolute atomic E-state index is 0.688. The summed E-state index contributed by atoms with van der Waals surface area (Å²) in [5.74, 6) is 0. The van der Waals surface area contributed by atoms with Crippen LogP contribution < -0.4 is 9.80 Å². The van der Waals surface area contributed by atoms with E-state index < -0.39 is 16.2 Å². The molecule has 0 bridgehead atoms. The van der Waals surface area contributed by atoms with Crippen LogP contribution in [0.4, 0.5) is 34.1 Å². The molecular weight excluding hydrogens is 1750 g/mol. The molecule has 0 N–H and O–H groups in total.